The van der Waals surface area contributed by atoms with Crippen LogP contribution in [0.2, 0.25) is 5.02 Å². The summed E-state index contributed by atoms with van der Waals surface area (Å²) in [5.41, 5.74) is 0.531. The molecule has 0 unspecified atom stereocenters. The van der Waals surface area contributed by atoms with Crippen molar-refractivity contribution in [3.63, 3.8) is 0 Å². The van der Waals surface area contributed by atoms with E-state index in [2.05, 4.69) is 17.6 Å². The van der Waals surface area contributed by atoms with Crippen LogP contribution in [0.25, 0.3) is 0 Å². The Morgan fingerprint density at radius 2 is 1.71 bits per heavy atom. The molecular formula is C15H15ClN2O2S. The zero-order valence-electron chi connectivity index (χ0n) is 11.5. The summed E-state index contributed by atoms with van der Waals surface area (Å²) in [5, 5.41) is 5.69. The van der Waals surface area contributed by atoms with Crippen molar-refractivity contribution < 1.29 is 9.59 Å². The van der Waals surface area contributed by atoms with E-state index in [1.54, 1.807) is 35.6 Å². The highest BCUT2D eigenvalue weighted by molar-refractivity contribution is 7.11. The molecule has 0 atom stereocenters. The predicted octanol–water partition coefficient (Wildman–Crippen LogP) is 3.22. The number of halogens is 1. The zero-order valence-corrected chi connectivity index (χ0v) is 13.1. The molecule has 0 fully saturated rings. The van der Waals surface area contributed by atoms with E-state index in [1.165, 1.54) is 4.88 Å². The molecule has 2 aromatic rings. The van der Waals surface area contributed by atoms with Gasteiger partial charge in [0.25, 0.3) is 0 Å². The molecule has 1 heterocycles. The SMILES string of the molecule is CCc1ccc(CNC(=O)C(=O)Nc2ccc(Cl)cc2)s1. The number of thiophene rings is 1. The number of carbonyl (C=O) groups is 2. The number of carbonyl (C=O) groups excluding carboxylic acids is 2. The minimum absolute atomic E-state index is 0.359. The lowest BCUT2D eigenvalue weighted by Gasteiger charge is -2.05. The normalized spacial score (nSPS) is 10.2. The largest absolute Gasteiger partial charge is 0.343 e. The second-order valence-electron chi connectivity index (χ2n) is 4.37. The van der Waals surface area contributed by atoms with Gasteiger partial charge in [0.05, 0.1) is 6.54 Å². The number of benzene rings is 1. The van der Waals surface area contributed by atoms with Crippen LogP contribution in [-0.2, 0) is 22.6 Å². The van der Waals surface area contributed by atoms with Gasteiger partial charge in [0.15, 0.2) is 0 Å². The fourth-order valence-electron chi connectivity index (χ4n) is 1.68. The number of amides is 2. The number of rotatable bonds is 4. The maximum Gasteiger partial charge on any atom is 0.313 e. The molecule has 0 saturated carbocycles. The summed E-state index contributed by atoms with van der Waals surface area (Å²) in [5.74, 6) is -1.35. The standard InChI is InChI=1S/C15H15ClN2O2S/c1-2-12-7-8-13(21-12)9-17-14(19)15(20)18-11-5-3-10(16)4-6-11/h3-8H,2,9H2,1H3,(H,17,19)(H,18,20). The first-order chi connectivity index (χ1) is 10.1. The maximum absolute atomic E-state index is 11.7. The van der Waals surface area contributed by atoms with E-state index >= 15 is 0 Å². The van der Waals surface area contributed by atoms with Gasteiger partial charge in [0.1, 0.15) is 0 Å². The lowest BCUT2D eigenvalue weighted by Crippen LogP contribution is -2.34. The molecule has 2 rings (SSSR count). The summed E-state index contributed by atoms with van der Waals surface area (Å²) in [6.45, 7) is 2.44. The van der Waals surface area contributed by atoms with Gasteiger partial charge in [0, 0.05) is 20.5 Å². The third kappa shape index (κ3) is 4.58. The van der Waals surface area contributed by atoms with Gasteiger partial charge in [-0.15, -0.1) is 11.3 Å². The first-order valence-electron chi connectivity index (χ1n) is 6.51. The lowest BCUT2D eigenvalue weighted by molar-refractivity contribution is -0.136. The average Bonchev–Trinajstić information content (AvgIpc) is 2.95. The van der Waals surface area contributed by atoms with Crippen molar-refractivity contribution in [3.05, 3.63) is 51.2 Å². The number of hydrogen-bond donors (Lipinski definition) is 2. The van der Waals surface area contributed by atoms with Crippen molar-refractivity contribution in [2.24, 2.45) is 0 Å². The third-order valence-corrected chi connectivity index (χ3v) is 4.28. The lowest BCUT2D eigenvalue weighted by atomic mass is 10.3. The molecule has 1 aromatic carbocycles. The first kappa shape index (κ1) is 15.5. The minimum atomic E-state index is -0.690. The molecule has 2 N–H and O–H groups in total. The molecule has 21 heavy (non-hydrogen) atoms. The van der Waals surface area contributed by atoms with E-state index in [0.717, 1.165) is 11.3 Å². The van der Waals surface area contributed by atoms with Crippen LogP contribution in [0.1, 0.15) is 16.7 Å². The van der Waals surface area contributed by atoms with Crippen LogP contribution in [0, 0.1) is 0 Å². The van der Waals surface area contributed by atoms with Crippen LogP contribution >= 0.6 is 22.9 Å². The van der Waals surface area contributed by atoms with Crippen molar-refractivity contribution in [2.45, 2.75) is 19.9 Å². The van der Waals surface area contributed by atoms with Gasteiger partial charge in [-0.3, -0.25) is 9.59 Å². The Labute approximate surface area is 132 Å². The highest BCUT2D eigenvalue weighted by atomic mass is 35.5. The Bertz CT molecular complexity index is 637. The molecule has 0 saturated heterocycles. The Balaban J connectivity index is 1.84. The Morgan fingerprint density at radius 3 is 2.33 bits per heavy atom. The summed E-state index contributed by atoms with van der Waals surface area (Å²) in [4.78, 5) is 25.7. The van der Waals surface area contributed by atoms with Gasteiger partial charge in [0.2, 0.25) is 0 Å². The van der Waals surface area contributed by atoms with E-state index < -0.39 is 11.8 Å². The third-order valence-electron chi connectivity index (χ3n) is 2.80. The highest BCUT2D eigenvalue weighted by Gasteiger charge is 2.13. The Morgan fingerprint density at radius 1 is 1.05 bits per heavy atom. The van der Waals surface area contributed by atoms with Crippen LogP contribution in [0.15, 0.2) is 36.4 Å². The summed E-state index contributed by atoms with van der Waals surface area (Å²) in [7, 11) is 0. The molecule has 1 aromatic heterocycles. The topological polar surface area (TPSA) is 58.2 Å². The van der Waals surface area contributed by atoms with Gasteiger partial charge < -0.3 is 10.6 Å². The molecule has 0 aliphatic rings. The van der Waals surface area contributed by atoms with Crippen LogP contribution in [0.3, 0.4) is 0 Å². The fraction of sp³-hybridized carbons (Fsp3) is 0.200. The first-order valence-corrected chi connectivity index (χ1v) is 7.70. The molecule has 0 aliphatic carbocycles. The van der Waals surface area contributed by atoms with E-state index in [1.807, 2.05) is 12.1 Å². The zero-order chi connectivity index (χ0) is 15.2. The number of nitrogens with one attached hydrogen (secondary N) is 2. The molecule has 0 aliphatic heterocycles. The number of hydrogen-bond acceptors (Lipinski definition) is 3. The number of aryl methyl sites for hydroxylation is 1. The summed E-state index contributed by atoms with van der Waals surface area (Å²) >= 11 is 7.38. The molecule has 0 radical (unpaired) electrons. The summed E-state index contributed by atoms with van der Waals surface area (Å²) in [6, 6.07) is 10.6. The van der Waals surface area contributed by atoms with E-state index in [9.17, 15) is 9.59 Å². The molecule has 0 spiro atoms. The smallest absolute Gasteiger partial charge is 0.313 e. The molecular weight excluding hydrogens is 308 g/mol. The molecule has 0 bridgehead atoms. The van der Waals surface area contributed by atoms with Gasteiger partial charge in [-0.2, -0.15) is 0 Å². The van der Waals surface area contributed by atoms with Crippen LogP contribution in [0.5, 0.6) is 0 Å². The van der Waals surface area contributed by atoms with Crippen molar-refractivity contribution in [1.82, 2.24) is 5.32 Å². The van der Waals surface area contributed by atoms with Crippen LogP contribution in [-0.4, -0.2) is 11.8 Å². The predicted molar refractivity (Wildman–Crippen MR) is 85.6 cm³/mol. The molecule has 4 nitrogen and oxygen atoms in total. The van der Waals surface area contributed by atoms with Gasteiger partial charge in [-0.1, -0.05) is 18.5 Å². The van der Waals surface area contributed by atoms with Gasteiger partial charge in [-0.05, 0) is 42.8 Å². The number of anilines is 1. The quantitative estimate of drug-likeness (QED) is 0.849. The second kappa shape index (κ2) is 7.24. The highest BCUT2D eigenvalue weighted by Crippen LogP contribution is 2.16. The monoisotopic (exact) mass is 322 g/mol. The summed E-state index contributed by atoms with van der Waals surface area (Å²) < 4.78 is 0. The van der Waals surface area contributed by atoms with Crippen molar-refractivity contribution in [1.29, 1.82) is 0 Å². The Hall–Kier alpha value is -1.85. The fourth-order valence-corrected chi connectivity index (χ4v) is 2.70. The van der Waals surface area contributed by atoms with Crippen molar-refractivity contribution in [3.8, 4) is 0 Å². The Kier molecular flexibility index (Phi) is 5.36. The van der Waals surface area contributed by atoms with Gasteiger partial charge in [-0.25, -0.2) is 0 Å². The van der Waals surface area contributed by atoms with Crippen LogP contribution < -0.4 is 10.6 Å². The van der Waals surface area contributed by atoms with E-state index in [4.69, 9.17) is 11.6 Å². The van der Waals surface area contributed by atoms with E-state index in [-0.39, 0.29) is 0 Å². The van der Waals surface area contributed by atoms with Crippen LogP contribution in [0.4, 0.5) is 5.69 Å². The average molecular weight is 323 g/mol. The van der Waals surface area contributed by atoms with Crippen molar-refractivity contribution in [2.75, 3.05) is 5.32 Å². The second-order valence-corrected chi connectivity index (χ2v) is 6.05. The molecule has 110 valence electrons. The minimum Gasteiger partial charge on any atom is -0.343 e. The molecule has 2 amide bonds. The van der Waals surface area contributed by atoms with Gasteiger partial charge >= 0.3 is 11.8 Å². The maximum atomic E-state index is 11.7. The summed E-state index contributed by atoms with van der Waals surface area (Å²) in [6.07, 6.45) is 0.968. The molecule has 6 heteroatoms. The van der Waals surface area contributed by atoms with E-state index in [0.29, 0.717) is 17.3 Å². The van der Waals surface area contributed by atoms with Crippen molar-refractivity contribution >= 4 is 40.4 Å².